The number of methoxy groups -OCH3 is 2. The molecule has 2 spiro atoms. The van der Waals surface area contributed by atoms with Crippen LogP contribution in [0.3, 0.4) is 0 Å². The van der Waals surface area contributed by atoms with Crippen molar-refractivity contribution >= 4 is 40.6 Å². The summed E-state index contributed by atoms with van der Waals surface area (Å²) >= 11 is 6.71. The molecule has 3 aromatic carbocycles. The fourth-order valence-corrected chi connectivity index (χ4v) is 8.26. The second-order valence-corrected chi connectivity index (χ2v) is 11.4. The van der Waals surface area contributed by atoms with Gasteiger partial charge in [0, 0.05) is 23.4 Å². The number of nitrogens with zero attached hydrogens (tertiary/aromatic N) is 1. The molecule has 204 valence electrons. The van der Waals surface area contributed by atoms with Crippen molar-refractivity contribution in [3.05, 3.63) is 81.9 Å². The largest absolute Gasteiger partial charge is 0.497 e. The zero-order valence-electron chi connectivity index (χ0n) is 22.3. The number of ketones is 1. The Hall–Kier alpha value is -3.88. The third-order valence-electron chi connectivity index (χ3n) is 9.26. The highest BCUT2D eigenvalue weighted by Crippen LogP contribution is 2.68. The van der Waals surface area contributed by atoms with Crippen LogP contribution in [0.5, 0.6) is 11.5 Å². The maximum absolute atomic E-state index is 14.9. The van der Waals surface area contributed by atoms with E-state index < -0.39 is 16.9 Å². The van der Waals surface area contributed by atoms with Crippen LogP contribution in [-0.2, 0) is 20.5 Å². The Labute approximate surface area is 236 Å². The van der Waals surface area contributed by atoms with Gasteiger partial charge in [0.15, 0.2) is 5.78 Å². The van der Waals surface area contributed by atoms with Crippen LogP contribution in [0.1, 0.15) is 39.9 Å². The van der Waals surface area contributed by atoms with Crippen molar-refractivity contribution in [1.82, 2.24) is 4.90 Å². The molecule has 4 atom stereocenters. The lowest BCUT2D eigenvalue weighted by molar-refractivity contribution is -0.137. The number of carbonyl (C=O) groups excluding carboxylic acids is 3. The number of hydrogen-bond donors (Lipinski definition) is 2. The Morgan fingerprint density at radius 2 is 1.80 bits per heavy atom. The number of amides is 2. The summed E-state index contributed by atoms with van der Waals surface area (Å²) in [4.78, 5) is 46.2. The quantitative estimate of drug-likeness (QED) is 0.452. The standard InChI is InChI=1S/C31H28ClN3O5/c1-16-13-20-26(21(32)14-16)34-29(38)31(20)30(19-7-4-5-8-22(19)33-28(30)37)25(23-9-6-12-35(23)31)27(36)18-11-10-17(39-2)15-24(18)40-3/h4-5,7-8,10-11,13-15,23,25H,6,9,12H2,1-3H3,(H,33,37)(H,34,38)/t23-,25+,30-,31-/m1/s1. The number of nitrogens with one attached hydrogen (secondary N) is 2. The fraction of sp³-hybridized carbons (Fsp3) is 0.323. The van der Waals surface area contributed by atoms with E-state index >= 15 is 0 Å². The van der Waals surface area contributed by atoms with Crippen LogP contribution in [-0.4, -0.2) is 49.3 Å². The SMILES string of the molecule is COc1ccc(C(=O)[C@@H]2[C@H]3CCCN3[C@]3(C(=O)Nc4c(Cl)cc(C)cc43)[C@@]23C(=O)Nc2ccccc23)c(OC)c1. The number of Topliss-reactive ketones (excluding diaryl/α,β-unsaturated/α-hetero) is 1. The fourth-order valence-electron chi connectivity index (χ4n) is 7.94. The average molecular weight is 558 g/mol. The summed E-state index contributed by atoms with van der Waals surface area (Å²) in [5, 5.41) is 6.49. The highest BCUT2D eigenvalue weighted by molar-refractivity contribution is 6.35. The van der Waals surface area contributed by atoms with Gasteiger partial charge in [-0.25, -0.2) is 0 Å². The van der Waals surface area contributed by atoms with Gasteiger partial charge in [-0.3, -0.25) is 19.3 Å². The minimum atomic E-state index is -1.55. The van der Waals surface area contributed by atoms with Crippen molar-refractivity contribution in [2.45, 2.75) is 36.8 Å². The molecule has 4 aliphatic rings. The number of anilines is 2. The van der Waals surface area contributed by atoms with Crippen molar-refractivity contribution in [1.29, 1.82) is 0 Å². The molecule has 0 aliphatic carbocycles. The number of ether oxygens (including phenoxy) is 2. The molecule has 0 aromatic heterocycles. The van der Waals surface area contributed by atoms with Crippen molar-refractivity contribution in [3.8, 4) is 11.5 Å². The van der Waals surface area contributed by atoms with Gasteiger partial charge in [-0.15, -0.1) is 0 Å². The lowest BCUT2D eigenvalue weighted by Gasteiger charge is -2.43. The maximum Gasteiger partial charge on any atom is 0.251 e. The molecule has 7 rings (SSSR count). The number of benzene rings is 3. The van der Waals surface area contributed by atoms with Crippen molar-refractivity contribution in [3.63, 3.8) is 0 Å². The van der Waals surface area contributed by atoms with Gasteiger partial charge in [0.2, 0.25) is 5.91 Å². The molecule has 0 radical (unpaired) electrons. The van der Waals surface area contributed by atoms with E-state index in [0.29, 0.717) is 57.6 Å². The number of carbonyl (C=O) groups is 3. The van der Waals surface area contributed by atoms with Gasteiger partial charge in [0.05, 0.1) is 36.4 Å². The predicted molar refractivity (Wildman–Crippen MR) is 150 cm³/mol. The summed E-state index contributed by atoms with van der Waals surface area (Å²) in [7, 11) is 3.05. The van der Waals surface area contributed by atoms with Crippen LogP contribution >= 0.6 is 11.6 Å². The summed E-state index contributed by atoms with van der Waals surface area (Å²) in [5.41, 5.74) is 0.554. The van der Waals surface area contributed by atoms with Gasteiger partial charge in [0.25, 0.3) is 5.91 Å². The first-order chi connectivity index (χ1) is 19.3. The normalized spacial score (nSPS) is 27.9. The van der Waals surface area contributed by atoms with Gasteiger partial charge in [-0.2, -0.15) is 0 Å². The first-order valence-electron chi connectivity index (χ1n) is 13.4. The monoisotopic (exact) mass is 557 g/mol. The number of hydrogen-bond acceptors (Lipinski definition) is 6. The van der Waals surface area contributed by atoms with E-state index in [1.165, 1.54) is 7.11 Å². The van der Waals surface area contributed by atoms with Crippen molar-refractivity contribution in [2.24, 2.45) is 5.92 Å². The first-order valence-corrected chi connectivity index (χ1v) is 13.7. The molecule has 0 saturated carbocycles. The third kappa shape index (κ3) is 2.82. The van der Waals surface area contributed by atoms with Crippen LogP contribution in [0.15, 0.2) is 54.6 Å². The van der Waals surface area contributed by atoms with Crippen LogP contribution in [0.2, 0.25) is 5.02 Å². The van der Waals surface area contributed by atoms with Gasteiger partial charge < -0.3 is 20.1 Å². The molecule has 2 fully saturated rings. The Morgan fingerprint density at radius 3 is 2.58 bits per heavy atom. The molecule has 3 aromatic rings. The van der Waals surface area contributed by atoms with Crippen LogP contribution < -0.4 is 20.1 Å². The summed E-state index contributed by atoms with van der Waals surface area (Å²) in [5.74, 6) is -0.934. The van der Waals surface area contributed by atoms with Crippen LogP contribution in [0.4, 0.5) is 11.4 Å². The number of para-hydroxylation sites is 1. The highest BCUT2D eigenvalue weighted by atomic mass is 35.5. The number of rotatable bonds is 4. The van der Waals surface area contributed by atoms with E-state index in [1.807, 2.05) is 37.3 Å². The van der Waals surface area contributed by atoms with E-state index in [-0.39, 0.29) is 23.6 Å². The topological polar surface area (TPSA) is 97.0 Å². The van der Waals surface area contributed by atoms with Gasteiger partial charge in [0.1, 0.15) is 22.5 Å². The second kappa shape index (κ2) is 8.56. The summed E-state index contributed by atoms with van der Waals surface area (Å²) in [6.45, 7) is 2.48. The molecule has 4 aliphatic heterocycles. The Morgan fingerprint density at radius 1 is 1.00 bits per heavy atom. The summed E-state index contributed by atoms with van der Waals surface area (Å²) < 4.78 is 11.0. The minimum Gasteiger partial charge on any atom is -0.497 e. The van der Waals surface area contributed by atoms with Crippen molar-refractivity contribution < 1.29 is 23.9 Å². The maximum atomic E-state index is 14.9. The summed E-state index contributed by atoms with van der Waals surface area (Å²) in [6.07, 6.45) is 1.45. The number of halogens is 1. The van der Waals surface area contributed by atoms with Crippen LogP contribution in [0.25, 0.3) is 0 Å². The van der Waals surface area contributed by atoms with Gasteiger partial charge in [-0.1, -0.05) is 35.9 Å². The molecule has 0 unspecified atom stereocenters. The predicted octanol–water partition coefficient (Wildman–Crippen LogP) is 4.68. The molecular weight excluding hydrogens is 530 g/mol. The lowest BCUT2D eigenvalue weighted by atomic mass is 9.57. The third-order valence-corrected chi connectivity index (χ3v) is 9.56. The molecule has 2 amide bonds. The van der Waals surface area contributed by atoms with Gasteiger partial charge in [-0.05, 0) is 61.7 Å². The smallest absolute Gasteiger partial charge is 0.251 e. The number of fused-ring (bicyclic) bond motifs is 7. The van der Waals surface area contributed by atoms with Gasteiger partial charge >= 0.3 is 0 Å². The van der Waals surface area contributed by atoms with E-state index in [1.54, 1.807) is 31.4 Å². The molecule has 2 N–H and O–H groups in total. The molecule has 2 saturated heterocycles. The molecule has 4 heterocycles. The molecule has 0 bridgehead atoms. The van der Waals surface area contributed by atoms with E-state index in [9.17, 15) is 14.4 Å². The lowest BCUT2D eigenvalue weighted by Crippen LogP contribution is -2.62. The Balaban J connectivity index is 1.58. The molecule has 8 nitrogen and oxygen atoms in total. The average Bonchev–Trinajstić information content (AvgIpc) is 3.67. The van der Waals surface area contributed by atoms with E-state index in [2.05, 4.69) is 15.5 Å². The highest BCUT2D eigenvalue weighted by Gasteiger charge is 2.81. The van der Waals surface area contributed by atoms with E-state index in [4.69, 9.17) is 21.1 Å². The summed E-state index contributed by atoms with van der Waals surface area (Å²) in [6, 6.07) is 15.8. The van der Waals surface area contributed by atoms with E-state index in [0.717, 1.165) is 12.0 Å². The molecule has 9 heteroatoms. The molecule has 40 heavy (non-hydrogen) atoms. The minimum absolute atomic E-state index is 0.250. The Kier molecular flexibility index (Phi) is 5.37. The second-order valence-electron chi connectivity index (χ2n) is 11.0. The van der Waals surface area contributed by atoms with Crippen molar-refractivity contribution in [2.75, 3.05) is 31.4 Å². The molecular formula is C31H28ClN3O5. The zero-order valence-corrected chi connectivity index (χ0v) is 23.1. The Bertz CT molecular complexity index is 1640. The number of aryl methyl sites for hydroxylation is 1. The zero-order chi connectivity index (χ0) is 28.0. The first kappa shape index (κ1) is 25.1. The van der Waals surface area contributed by atoms with Crippen LogP contribution in [0, 0.1) is 12.8 Å².